The Balaban J connectivity index is 2.07. The molecule has 1 N–H and O–H groups in total. The second-order valence-corrected chi connectivity index (χ2v) is 4.94. The number of thioether (sulfide) groups is 1. The third kappa shape index (κ3) is 6.05. The van der Waals surface area contributed by atoms with Crippen LogP contribution in [0.5, 0.6) is 0 Å². The average molecular weight is 240 g/mol. The number of aryl methyl sites for hydroxylation is 1. The van der Waals surface area contributed by atoms with Gasteiger partial charge in [-0.2, -0.15) is 0 Å². The van der Waals surface area contributed by atoms with Crippen molar-refractivity contribution >= 4 is 11.8 Å². The predicted molar refractivity (Wildman–Crippen MR) is 68.9 cm³/mol. The topological polar surface area (TPSA) is 41.1 Å². The zero-order valence-electron chi connectivity index (χ0n) is 10.2. The van der Waals surface area contributed by atoms with Crippen LogP contribution < -0.4 is 5.32 Å². The summed E-state index contributed by atoms with van der Waals surface area (Å²) in [7, 11) is 4.16. The first-order valence-corrected chi connectivity index (χ1v) is 6.45. The van der Waals surface area contributed by atoms with Gasteiger partial charge in [-0.15, -0.1) is 0 Å². The van der Waals surface area contributed by atoms with Gasteiger partial charge in [0.1, 0.15) is 0 Å². The van der Waals surface area contributed by atoms with Crippen LogP contribution in [-0.4, -0.2) is 54.4 Å². The number of nitrogens with one attached hydrogen (secondary N) is 1. The predicted octanol–water partition coefficient (Wildman–Crippen LogP) is 1.03. The minimum atomic E-state index is 0.870. The summed E-state index contributed by atoms with van der Waals surface area (Å²) in [5.74, 6) is 1.01. The van der Waals surface area contributed by atoms with E-state index >= 15 is 0 Å². The highest BCUT2D eigenvalue weighted by Crippen LogP contribution is 2.10. The van der Waals surface area contributed by atoms with Crippen molar-refractivity contribution in [3.05, 3.63) is 18.0 Å². The Morgan fingerprint density at radius 2 is 2.19 bits per heavy atom. The molecule has 1 heterocycles. The van der Waals surface area contributed by atoms with Gasteiger partial charge in [-0.05, 0) is 27.1 Å². The molecule has 0 unspecified atom stereocenters. The van der Waals surface area contributed by atoms with E-state index in [1.807, 2.05) is 19.2 Å². The first-order valence-electron chi connectivity index (χ1n) is 5.46. The highest BCUT2D eigenvalue weighted by molar-refractivity contribution is 7.99. The molecule has 1 aromatic rings. The summed E-state index contributed by atoms with van der Waals surface area (Å²) < 4.78 is 0. The molecule has 0 amide bonds. The van der Waals surface area contributed by atoms with Gasteiger partial charge in [0.2, 0.25) is 0 Å². The van der Waals surface area contributed by atoms with E-state index in [4.69, 9.17) is 0 Å². The summed E-state index contributed by atoms with van der Waals surface area (Å²) in [6, 6.07) is 1.92. The molecule has 90 valence electrons. The highest BCUT2D eigenvalue weighted by Gasteiger charge is 1.97. The lowest BCUT2D eigenvalue weighted by molar-refractivity contribution is 0.403. The van der Waals surface area contributed by atoms with Crippen LogP contribution in [0.15, 0.2) is 17.4 Å². The molecule has 0 aromatic carbocycles. The zero-order valence-corrected chi connectivity index (χ0v) is 11.0. The van der Waals surface area contributed by atoms with E-state index in [0.717, 1.165) is 36.2 Å². The fraction of sp³-hybridized carbons (Fsp3) is 0.636. The molecular formula is C11H20N4S. The van der Waals surface area contributed by atoms with Crippen molar-refractivity contribution in [2.45, 2.75) is 12.1 Å². The standard InChI is InChI=1S/C11H20N4S/c1-10-4-5-13-11(14-10)16-9-7-12-6-8-15(2)3/h4-5,12H,6-9H2,1-3H3. The fourth-order valence-corrected chi connectivity index (χ4v) is 1.91. The molecular weight excluding hydrogens is 220 g/mol. The van der Waals surface area contributed by atoms with Gasteiger partial charge >= 0.3 is 0 Å². The van der Waals surface area contributed by atoms with Crippen molar-refractivity contribution in [2.75, 3.05) is 39.5 Å². The quantitative estimate of drug-likeness (QED) is 0.438. The molecule has 0 atom stereocenters. The molecule has 0 aliphatic heterocycles. The van der Waals surface area contributed by atoms with E-state index in [2.05, 4.69) is 34.3 Å². The maximum absolute atomic E-state index is 4.34. The maximum Gasteiger partial charge on any atom is 0.187 e. The van der Waals surface area contributed by atoms with Gasteiger partial charge in [-0.3, -0.25) is 0 Å². The van der Waals surface area contributed by atoms with Gasteiger partial charge in [0.05, 0.1) is 0 Å². The van der Waals surface area contributed by atoms with Crippen LogP contribution in [0.1, 0.15) is 5.69 Å². The van der Waals surface area contributed by atoms with Crippen LogP contribution >= 0.6 is 11.8 Å². The first kappa shape index (κ1) is 13.4. The summed E-state index contributed by atoms with van der Waals surface area (Å²) in [6.07, 6.45) is 1.81. The van der Waals surface area contributed by atoms with E-state index in [0.29, 0.717) is 0 Å². The van der Waals surface area contributed by atoms with Crippen molar-refractivity contribution < 1.29 is 0 Å². The molecule has 1 aromatic heterocycles. The molecule has 16 heavy (non-hydrogen) atoms. The van der Waals surface area contributed by atoms with Gasteiger partial charge in [-0.1, -0.05) is 11.8 Å². The second kappa shape index (κ2) is 7.60. The van der Waals surface area contributed by atoms with Crippen LogP contribution in [0, 0.1) is 6.92 Å². The van der Waals surface area contributed by atoms with Gasteiger partial charge in [-0.25, -0.2) is 9.97 Å². The van der Waals surface area contributed by atoms with Crippen molar-refractivity contribution in [2.24, 2.45) is 0 Å². The van der Waals surface area contributed by atoms with Crippen molar-refractivity contribution in [3.63, 3.8) is 0 Å². The zero-order chi connectivity index (χ0) is 11.8. The van der Waals surface area contributed by atoms with Gasteiger partial charge in [0, 0.05) is 37.3 Å². The maximum atomic E-state index is 4.34. The number of hydrogen-bond donors (Lipinski definition) is 1. The SMILES string of the molecule is Cc1ccnc(SCCNCCN(C)C)n1. The highest BCUT2D eigenvalue weighted by atomic mass is 32.2. The molecule has 0 bridgehead atoms. The van der Waals surface area contributed by atoms with Crippen molar-refractivity contribution in [1.82, 2.24) is 20.2 Å². The molecule has 4 nitrogen and oxygen atoms in total. The van der Waals surface area contributed by atoms with Crippen LogP contribution in [-0.2, 0) is 0 Å². The minimum absolute atomic E-state index is 0.870. The van der Waals surface area contributed by atoms with Gasteiger partial charge in [0.15, 0.2) is 5.16 Å². The largest absolute Gasteiger partial charge is 0.315 e. The summed E-state index contributed by atoms with van der Waals surface area (Å²) in [4.78, 5) is 10.7. The molecule has 0 fully saturated rings. The van der Waals surface area contributed by atoms with E-state index in [-0.39, 0.29) is 0 Å². The normalized spacial score (nSPS) is 11.0. The number of hydrogen-bond acceptors (Lipinski definition) is 5. The number of rotatable bonds is 7. The van der Waals surface area contributed by atoms with Gasteiger partial charge < -0.3 is 10.2 Å². The summed E-state index contributed by atoms with van der Waals surface area (Å²) >= 11 is 1.70. The Kier molecular flexibility index (Phi) is 6.37. The lowest BCUT2D eigenvalue weighted by Crippen LogP contribution is -2.28. The third-order valence-electron chi connectivity index (χ3n) is 2.02. The molecule has 0 radical (unpaired) electrons. The summed E-state index contributed by atoms with van der Waals surface area (Å²) in [5.41, 5.74) is 1.03. The molecule has 0 saturated carbocycles. The number of likely N-dealkylation sites (N-methyl/N-ethyl adjacent to an activating group) is 1. The number of aromatic nitrogens is 2. The van der Waals surface area contributed by atoms with Crippen LogP contribution in [0.2, 0.25) is 0 Å². The Morgan fingerprint density at radius 3 is 2.88 bits per heavy atom. The Bertz CT molecular complexity index is 304. The van der Waals surface area contributed by atoms with E-state index in [9.17, 15) is 0 Å². The lowest BCUT2D eigenvalue weighted by Gasteiger charge is -2.09. The van der Waals surface area contributed by atoms with Crippen LogP contribution in [0.3, 0.4) is 0 Å². The fourth-order valence-electron chi connectivity index (χ4n) is 1.14. The molecule has 0 aliphatic carbocycles. The van der Waals surface area contributed by atoms with E-state index in [1.165, 1.54) is 0 Å². The summed E-state index contributed by atoms with van der Waals surface area (Å²) in [6.45, 7) is 5.09. The Labute approximate surface area is 102 Å². The van der Waals surface area contributed by atoms with E-state index < -0.39 is 0 Å². The van der Waals surface area contributed by atoms with Gasteiger partial charge in [0.25, 0.3) is 0 Å². The number of nitrogens with zero attached hydrogens (tertiary/aromatic N) is 3. The first-order chi connectivity index (χ1) is 7.68. The van der Waals surface area contributed by atoms with Crippen LogP contribution in [0.4, 0.5) is 0 Å². The summed E-state index contributed by atoms with van der Waals surface area (Å²) in [5, 5.41) is 4.25. The Hall–Kier alpha value is -0.650. The van der Waals surface area contributed by atoms with Crippen molar-refractivity contribution in [1.29, 1.82) is 0 Å². The molecule has 0 spiro atoms. The van der Waals surface area contributed by atoms with Crippen molar-refractivity contribution in [3.8, 4) is 0 Å². The monoisotopic (exact) mass is 240 g/mol. The average Bonchev–Trinajstić information content (AvgIpc) is 2.23. The smallest absolute Gasteiger partial charge is 0.187 e. The third-order valence-corrected chi connectivity index (χ3v) is 2.88. The molecule has 0 saturated heterocycles. The second-order valence-electron chi connectivity index (χ2n) is 3.88. The van der Waals surface area contributed by atoms with Crippen LogP contribution in [0.25, 0.3) is 0 Å². The Morgan fingerprint density at radius 1 is 1.38 bits per heavy atom. The molecule has 0 aliphatic rings. The minimum Gasteiger partial charge on any atom is -0.315 e. The molecule has 5 heteroatoms. The lowest BCUT2D eigenvalue weighted by atomic mass is 10.5. The van der Waals surface area contributed by atoms with E-state index in [1.54, 1.807) is 11.8 Å². The molecule has 1 rings (SSSR count).